The Morgan fingerprint density at radius 1 is 0.889 bits per heavy atom. The number of sulfonamides is 1. The second kappa shape index (κ2) is 14.9. The molecule has 236 valence electrons. The Morgan fingerprint density at radius 3 is 2.16 bits per heavy atom. The molecule has 4 rings (SSSR count). The van der Waals surface area contributed by atoms with E-state index in [1.54, 1.807) is 24.3 Å². The second-order valence-corrected chi connectivity index (χ2v) is 12.2. The van der Waals surface area contributed by atoms with Gasteiger partial charge in [-0.3, -0.25) is 13.9 Å². The molecule has 0 aliphatic carbocycles. The van der Waals surface area contributed by atoms with Gasteiger partial charge in [0.2, 0.25) is 11.8 Å². The maximum absolute atomic E-state index is 14.3. The minimum Gasteiger partial charge on any atom is -0.493 e. The number of methoxy groups -OCH3 is 2. The zero-order valence-electron chi connectivity index (χ0n) is 24.9. The van der Waals surface area contributed by atoms with E-state index in [2.05, 4.69) is 5.32 Å². The number of hydrogen-bond donors (Lipinski definition) is 1. The van der Waals surface area contributed by atoms with Crippen LogP contribution in [0.2, 0.25) is 5.02 Å². The molecule has 45 heavy (non-hydrogen) atoms. The molecule has 4 aromatic carbocycles. The van der Waals surface area contributed by atoms with Gasteiger partial charge in [-0.15, -0.1) is 0 Å². The number of nitrogens with zero attached hydrogens (tertiary/aromatic N) is 2. The van der Waals surface area contributed by atoms with E-state index >= 15 is 0 Å². The van der Waals surface area contributed by atoms with Crippen LogP contribution < -0.4 is 19.1 Å². The highest BCUT2D eigenvalue weighted by Gasteiger charge is 2.35. The molecule has 0 fully saturated rings. The van der Waals surface area contributed by atoms with Crippen LogP contribution in [-0.4, -0.2) is 59.0 Å². The summed E-state index contributed by atoms with van der Waals surface area (Å²) in [6.45, 7) is -0.799. The van der Waals surface area contributed by atoms with Gasteiger partial charge in [-0.25, -0.2) is 12.8 Å². The topological polar surface area (TPSA) is 105 Å². The highest BCUT2D eigenvalue weighted by atomic mass is 35.5. The van der Waals surface area contributed by atoms with E-state index in [-0.39, 0.29) is 29.3 Å². The molecule has 4 aromatic rings. The molecule has 0 radical (unpaired) electrons. The number of amides is 2. The summed E-state index contributed by atoms with van der Waals surface area (Å²) in [5, 5.41) is 3.00. The molecule has 12 heteroatoms. The number of likely N-dealkylation sites (N-methyl/N-ethyl adjacent to an activating group) is 1. The van der Waals surface area contributed by atoms with Crippen LogP contribution >= 0.6 is 11.6 Å². The van der Waals surface area contributed by atoms with Gasteiger partial charge in [0.1, 0.15) is 18.4 Å². The summed E-state index contributed by atoms with van der Waals surface area (Å²) in [7, 11) is -0.193. The lowest BCUT2D eigenvalue weighted by molar-refractivity contribution is -0.139. The molecule has 1 N–H and O–H groups in total. The van der Waals surface area contributed by atoms with Gasteiger partial charge in [-0.05, 0) is 53.6 Å². The Balaban J connectivity index is 1.81. The van der Waals surface area contributed by atoms with Crippen LogP contribution in [-0.2, 0) is 32.6 Å². The van der Waals surface area contributed by atoms with Crippen molar-refractivity contribution in [3.63, 3.8) is 0 Å². The monoisotopic (exact) mass is 653 g/mol. The van der Waals surface area contributed by atoms with Gasteiger partial charge in [0, 0.05) is 31.1 Å². The van der Waals surface area contributed by atoms with E-state index in [4.69, 9.17) is 21.1 Å². The summed E-state index contributed by atoms with van der Waals surface area (Å²) in [6, 6.07) is 23.8. The summed E-state index contributed by atoms with van der Waals surface area (Å²) in [5.74, 6) is -1.26. The van der Waals surface area contributed by atoms with Crippen LogP contribution in [0, 0.1) is 5.82 Å². The third kappa shape index (κ3) is 7.92. The maximum Gasteiger partial charge on any atom is 0.264 e. The highest BCUT2D eigenvalue weighted by Crippen LogP contribution is 2.32. The SMILES string of the molecule is CNC(=O)[C@@H](Cc1ccccc1)N(Cc1ccccc1Cl)C(=O)CN(c1ccc(F)cc1)S(=O)(=O)c1ccc(OC)c(OC)c1. The lowest BCUT2D eigenvalue weighted by atomic mass is 10.0. The van der Waals surface area contributed by atoms with Gasteiger partial charge in [-0.2, -0.15) is 0 Å². The minimum atomic E-state index is -4.44. The number of nitrogens with one attached hydrogen (secondary N) is 1. The van der Waals surface area contributed by atoms with E-state index < -0.39 is 40.2 Å². The molecule has 0 saturated carbocycles. The lowest BCUT2D eigenvalue weighted by Gasteiger charge is -2.33. The first kappa shape index (κ1) is 33.3. The van der Waals surface area contributed by atoms with Gasteiger partial charge < -0.3 is 19.7 Å². The predicted octanol–water partition coefficient (Wildman–Crippen LogP) is 5.08. The normalized spacial score (nSPS) is 11.8. The molecule has 0 aromatic heterocycles. The molecule has 0 aliphatic heterocycles. The third-order valence-electron chi connectivity index (χ3n) is 7.15. The van der Waals surface area contributed by atoms with Crippen molar-refractivity contribution in [1.29, 1.82) is 0 Å². The number of benzene rings is 4. The molecule has 0 bridgehead atoms. The van der Waals surface area contributed by atoms with Crippen molar-refractivity contribution in [1.82, 2.24) is 10.2 Å². The average molecular weight is 654 g/mol. The Labute approximate surface area is 267 Å². The zero-order valence-corrected chi connectivity index (χ0v) is 26.5. The largest absolute Gasteiger partial charge is 0.493 e. The van der Waals surface area contributed by atoms with Gasteiger partial charge in [0.05, 0.1) is 24.8 Å². The molecular formula is C33H33ClFN3O6S. The van der Waals surface area contributed by atoms with E-state index in [1.807, 2.05) is 30.3 Å². The van der Waals surface area contributed by atoms with Crippen LogP contribution in [0.1, 0.15) is 11.1 Å². The number of anilines is 1. The molecule has 1 atom stereocenters. The number of carbonyl (C=O) groups is 2. The molecule has 2 amide bonds. The van der Waals surface area contributed by atoms with Gasteiger partial charge in [-0.1, -0.05) is 60.1 Å². The number of ether oxygens (including phenoxy) is 2. The number of hydrogen-bond acceptors (Lipinski definition) is 6. The van der Waals surface area contributed by atoms with Crippen LogP contribution in [0.15, 0.2) is 102 Å². The molecule has 0 heterocycles. The van der Waals surface area contributed by atoms with E-state index in [0.717, 1.165) is 22.0 Å². The average Bonchev–Trinajstić information content (AvgIpc) is 3.06. The van der Waals surface area contributed by atoms with Crippen LogP contribution in [0.5, 0.6) is 11.5 Å². The first-order chi connectivity index (χ1) is 21.6. The quantitative estimate of drug-likeness (QED) is 0.216. The second-order valence-electron chi connectivity index (χ2n) is 9.94. The Kier molecular flexibility index (Phi) is 11.0. The van der Waals surface area contributed by atoms with E-state index in [1.165, 1.54) is 56.5 Å². The van der Waals surface area contributed by atoms with Crippen molar-refractivity contribution < 1.29 is 31.9 Å². The van der Waals surface area contributed by atoms with Crippen molar-refractivity contribution in [3.8, 4) is 11.5 Å². The van der Waals surface area contributed by atoms with Crippen molar-refractivity contribution in [2.24, 2.45) is 0 Å². The molecule has 9 nitrogen and oxygen atoms in total. The minimum absolute atomic E-state index is 0.0387. The molecule has 0 aliphatic rings. The zero-order chi connectivity index (χ0) is 32.6. The van der Waals surface area contributed by atoms with Gasteiger partial charge in [0.15, 0.2) is 11.5 Å². The van der Waals surface area contributed by atoms with E-state index in [9.17, 15) is 22.4 Å². The first-order valence-electron chi connectivity index (χ1n) is 13.9. The van der Waals surface area contributed by atoms with E-state index in [0.29, 0.717) is 16.3 Å². The fourth-order valence-electron chi connectivity index (χ4n) is 4.77. The Hall–Kier alpha value is -4.61. The summed E-state index contributed by atoms with van der Waals surface area (Å²) in [4.78, 5) is 28.8. The third-order valence-corrected chi connectivity index (χ3v) is 9.29. The highest BCUT2D eigenvalue weighted by molar-refractivity contribution is 7.92. The summed E-state index contributed by atoms with van der Waals surface area (Å²) in [6.07, 6.45) is 0.148. The van der Waals surface area contributed by atoms with Gasteiger partial charge >= 0.3 is 0 Å². The van der Waals surface area contributed by atoms with Gasteiger partial charge in [0.25, 0.3) is 10.0 Å². The fraction of sp³-hybridized carbons (Fsp3) is 0.212. The number of halogens is 2. The maximum atomic E-state index is 14.3. The number of carbonyl (C=O) groups excluding carboxylic acids is 2. The standard InChI is InChI=1S/C33H33ClFN3O6S/c1-36-33(40)29(19-23-9-5-4-6-10-23)37(21-24-11-7-8-12-28(24)34)32(39)22-38(26-15-13-25(35)14-16-26)45(41,42)27-17-18-30(43-2)31(20-27)44-3/h4-18,20,29H,19,21-22H2,1-3H3,(H,36,40)/t29-/m1/s1. The Bertz CT molecular complexity index is 1740. The predicted molar refractivity (Wildman–Crippen MR) is 170 cm³/mol. The van der Waals surface area contributed by atoms with Crippen molar-refractivity contribution in [2.75, 3.05) is 32.1 Å². The smallest absolute Gasteiger partial charge is 0.264 e. The van der Waals surface area contributed by atoms with Crippen molar-refractivity contribution in [3.05, 3.63) is 119 Å². The molecule has 0 unspecified atom stereocenters. The van der Waals surface area contributed by atoms with Crippen molar-refractivity contribution >= 4 is 39.1 Å². The van der Waals surface area contributed by atoms with Crippen LogP contribution in [0.4, 0.5) is 10.1 Å². The lowest BCUT2D eigenvalue weighted by Crippen LogP contribution is -2.53. The summed E-state index contributed by atoms with van der Waals surface area (Å²) < 4.78 is 53.7. The Morgan fingerprint density at radius 2 is 1.53 bits per heavy atom. The summed E-state index contributed by atoms with van der Waals surface area (Å²) in [5.41, 5.74) is 1.39. The first-order valence-corrected chi connectivity index (χ1v) is 15.7. The number of rotatable bonds is 13. The molecule has 0 saturated heterocycles. The van der Waals surface area contributed by atoms with Crippen molar-refractivity contribution in [2.45, 2.75) is 23.9 Å². The summed E-state index contributed by atoms with van der Waals surface area (Å²) >= 11 is 6.47. The molecule has 0 spiro atoms. The molecular weight excluding hydrogens is 621 g/mol. The van der Waals surface area contributed by atoms with Crippen LogP contribution in [0.3, 0.4) is 0 Å². The van der Waals surface area contributed by atoms with Crippen LogP contribution in [0.25, 0.3) is 0 Å². The fourth-order valence-corrected chi connectivity index (χ4v) is 6.40.